The van der Waals surface area contributed by atoms with Crippen LogP contribution in [0.5, 0.6) is 0 Å². The first-order chi connectivity index (χ1) is 9.65. The maximum absolute atomic E-state index is 12.3. The van der Waals surface area contributed by atoms with Crippen LogP contribution in [0.4, 0.5) is 10.6 Å². The molecule has 0 radical (unpaired) electrons. The molecule has 1 aromatic heterocycles. The molecule has 0 saturated heterocycles. The van der Waals surface area contributed by atoms with Crippen LogP contribution in [0.25, 0.3) is 11.1 Å². The fourth-order valence-corrected chi connectivity index (χ4v) is 1.93. The van der Waals surface area contributed by atoms with Crippen molar-refractivity contribution in [2.24, 2.45) is 0 Å². The number of amides is 1. The molecule has 0 saturated carbocycles. The molecule has 4 N–H and O–H groups in total. The van der Waals surface area contributed by atoms with E-state index in [-0.39, 0.29) is 5.82 Å². The Balaban J connectivity index is 2.30. The highest BCUT2D eigenvalue weighted by Crippen LogP contribution is 2.19. The van der Waals surface area contributed by atoms with E-state index in [1.165, 1.54) is 0 Å². The molecule has 2 rings (SSSR count). The number of nitrogens with zero attached hydrogens (tertiary/aromatic N) is 1. The van der Waals surface area contributed by atoms with Crippen LogP contribution in [0, 0.1) is 0 Å². The lowest BCUT2D eigenvalue weighted by atomic mass is 10.1. The van der Waals surface area contributed by atoms with E-state index in [1.54, 1.807) is 12.1 Å². The predicted octanol–water partition coefficient (Wildman–Crippen LogP) is 1.78. The van der Waals surface area contributed by atoms with E-state index in [1.807, 2.05) is 25.1 Å². The van der Waals surface area contributed by atoms with Gasteiger partial charge in [0.15, 0.2) is 0 Å². The number of carbonyl (C=O) groups excluding carboxylic acids is 1. The van der Waals surface area contributed by atoms with Gasteiger partial charge < -0.3 is 11.1 Å². The van der Waals surface area contributed by atoms with E-state index >= 15 is 0 Å². The maximum Gasteiger partial charge on any atom is 0.343 e. The third-order valence-electron chi connectivity index (χ3n) is 2.99. The molecule has 6 nitrogen and oxygen atoms in total. The van der Waals surface area contributed by atoms with E-state index < -0.39 is 11.6 Å². The minimum Gasteiger partial charge on any atom is -0.383 e. The fourth-order valence-electron chi connectivity index (χ4n) is 1.93. The van der Waals surface area contributed by atoms with Crippen LogP contribution in [0.2, 0.25) is 0 Å². The molecule has 0 unspecified atom stereocenters. The quantitative estimate of drug-likeness (QED) is 0.742. The van der Waals surface area contributed by atoms with Crippen LogP contribution >= 0.6 is 0 Å². The zero-order valence-electron chi connectivity index (χ0n) is 11.3. The molecule has 1 amide bonds. The largest absolute Gasteiger partial charge is 0.383 e. The van der Waals surface area contributed by atoms with E-state index in [2.05, 4.69) is 10.4 Å². The molecule has 0 atom stereocenters. The van der Waals surface area contributed by atoms with Gasteiger partial charge >= 0.3 is 6.03 Å². The highest BCUT2D eigenvalue weighted by atomic mass is 16.2. The van der Waals surface area contributed by atoms with Gasteiger partial charge in [0.1, 0.15) is 5.82 Å². The number of benzene rings is 1. The Morgan fingerprint density at radius 2 is 2.05 bits per heavy atom. The number of aromatic amines is 1. The lowest BCUT2D eigenvalue weighted by Gasteiger charge is -2.02. The van der Waals surface area contributed by atoms with Crippen molar-refractivity contribution >= 4 is 11.8 Å². The maximum atomic E-state index is 12.3. The predicted molar refractivity (Wildman–Crippen MR) is 78.6 cm³/mol. The third-order valence-corrected chi connectivity index (χ3v) is 2.99. The summed E-state index contributed by atoms with van der Waals surface area (Å²) in [4.78, 5) is 24.2. The minimum atomic E-state index is -0.489. The van der Waals surface area contributed by atoms with Gasteiger partial charge in [-0.2, -0.15) is 4.68 Å². The summed E-state index contributed by atoms with van der Waals surface area (Å²) in [5.41, 5.74) is 6.37. The van der Waals surface area contributed by atoms with Gasteiger partial charge in [-0.3, -0.25) is 9.89 Å². The first-order valence-corrected chi connectivity index (χ1v) is 6.59. The van der Waals surface area contributed by atoms with Crippen LogP contribution in [-0.2, 0) is 0 Å². The summed E-state index contributed by atoms with van der Waals surface area (Å²) in [6.45, 7) is 2.56. The number of hydrogen-bond donors (Lipinski definition) is 3. The molecule has 0 fully saturated rings. The van der Waals surface area contributed by atoms with E-state index in [0.29, 0.717) is 17.7 Å². The van der Waals surface area contributed by atoms with Gasteiger partial charge in [-0.25, -0.2) is 4.79 Å². The normalized spacial score (nSPS) is 10.4. The smallest absolute Gasteiger partial charge is 0.343 e. The summed E-state index contributed by atoms with van der Waals surface area (Å²) >= 11 is 0. The summed E-state index contributed by atoms with van der Waals surface area (Å²) < 4.78 is 0.910. The first-order valence-electron chi connectivity index (χ1n) is 6.59. The molecule has 0 spiro atoms. The van der Waals surface area contributed by atoms with Crippen molar-refractivity contribution in [3.05, 3.63) is 40.7 Å². The molecular weight excluding hydrogens is 256 g/mol. The van der Waals surface area contributed by atoms with E-state index in [9.17, 15) is 9.59 Å². The number of nitrogen functional groups attached to an aromatic ring is 1. The molecule has 0 aliphatic heterocycles. The van der Waals surface area contributed by atoms with E-state index in [0.717, 1.165) is 17.5 Å². The third kappa shape index (κ3) is 2.74. The number of nitrogens with two attached hydrogens (primary N) is 1. The molecule has 0 bridgehead atoms. The first kappa shape index (κ1) is 13.9. The van der Waals surface area contributed by atoms with Crippen LogP contribution in [0.3, 0.4) is 0 Å². The second kappa shape index (κ2) is 6.10. The van der Waals surface area contributed by atoms with Gasteiger partial charge in [-0.1, -0.05) is 43.7 Å². The lowest BCUT2D eigenvalue weighted by molar-refractivity contribution is 0.239. The van der Waals surface area contributed by atoms with Crippen molar-refractivity contribution in [2.45, 2.75) is 19.8 Å². The molecule has 1 heterocycles. The number of anilines is 1. The standard InChI is InChI=1S/C14H18N4O2/c1-2-3-9-16-14(20)18-13(19)11(12(15)17-18)10-7-5-4-6-8-10/h4-8,17H,2-3,9,15H2,1H3,(H,16,20). The Labute approximate surface area is 116 Å². The number of rotatable bonds is 4. The number of carbonyl (C=O) groups is 1. The van der Waals surface area contributed by atoms with Gasteiger partial charge in [-0.05, 0) is 12.0 Å². The van der Waals surface area contributed by atoms with Gasteiger partial charge in [0, 0.05) is 6.54 Å². The fraction of sp³-hybridized carbons (Fsp3) is 0.286. The summed E-state index contributed by atoms with van der Waals surface area (Å²) in [5.74, 6) is 0.187. The van der Waals surface area contributed by atoms with Crippen LogP contribution in [0.1, 0.15) is 19.8 Å². The van der Waals surface area contributed by atoms with Gasteiger partial charge in [-0.15, -0.1) is 0 Å². The van der Waals surface area contributed by atoms with Crippen molar-refractivity contribution < 1.29 is 4.79 Å². The van der Waals surface area contributed by atoms with Gasteiger partial charge in [0.2, 0.25) is 0 Å². The van der Waals surface area contributed by atoms with Crippen molar-refractivity contribution in [1.29, 1.82) is 0 Å². The van der Waals surface area contributed by atoms with Gasteiger partial charge in [0.05, 0.1) is 5.56 Å². The molecule has 20 heavy (non-hydrogen) atoms. The van der Waals surface area contributed by atoms with Crippen molar-refractivity contribution in [3.63, 3.8) is 0 Å². The van der Waals surface area contributed by atoms with Crippen molar-refractivity contribution in [2.75, 3.05) is 12.3 Å². The molecule has 106 valence electrons. The highest BCUT2D eigenvalue weighted by Gasteiger charge is 2.17. The Morgan fingerprint density at radius 3 is 2.70 bits per heavy atom. The Kier molecular flexibility index (Phi) is 4.24. The zero-order valence-corrected chi connectivity index (χ0v) is 11.3. The molecule has 0 aliphatic carbocycles. The minimum absolute atomic E-state index is 0.187. The highest BCUT2D eigenvalue weighted by molar-refractivity contribution is 5.81. The van der Waals surface area contributed by atoms with Crippen LogP contribution in [-0.4, -0.2) is 22.4 Å². The van der Waals surface area contributed by atoms with Crippen LogP contribution < -0.4 is 16.6 Å². The second-order valence-electron chi connectivity index (χ2n) is 4.49. The Hall–Kier alpha value is -2.50. The topological polar surface area (TPSA) is 92.9 Å². The average molecular weight is 274 g/mol. The number of unbranched alkanes of at least 4 members (excludes halogenated alkanes) is 1. The number of nitrogens with one attached hydrogen (secondary N) is 2. The van der Waals surface area contributed by atoms with Crippen LogP contribution in [0.15, 0.2) is 35.1 Å². The summed E-state index contributed by atoms with van der Waals surface area (Å²) in [7, 11) is 0. The monoisotopic (exact) mass is 274 g/mol. The second-order valence-corrected chi connectivity index (χ2v) is 4.49. The average Bonchev–Trinajstić information content (AvgIpc) is 2.75. The summed E-state index contributed by atoms with van der Waals surface area (Å²) in [6.07, 6.45) is 1.83. The molecule has 0 aliphatic rings. The number of hydrogen-bond acceptors (Lipinski definition) is 3. The Morgan fingerprint density at radius 1 is 1.35 bits per heavy atom. The molecule has 2 aromatic rings. The summed E-state index contributed by atoms with van der Waals surface area (Å²) in [6, 6.07) is 8.54. The van der Waals surface area contributed by atoms with E-state index in [4.69, 9.17) is 5.73 Å². The SMILES string of the molecule is CCCCNC(=O)n1[nH]c(N)c(-c2ccccc2)c1=O. The number of aromatic nitrogens is 2. The van der Waals surface area contributed by atoms with Crippen molar-refractivity contribution in [3.8, 4) is 11.1 Å². The Bertz CT molecular complexity index is 643. The lowest BCUT2D eigenvalue weighted by Crippen LogP contribution is -2.36. The molecule has 1 aromatic carbocycles. The molecule has 6 heteroatoms. The van der Waals surface area contributed by atoms with Crippen molar-refractivity contribution in [1.82, 2.24) is 15.1 Å². The number of H-pyrrole nitrogens is 1. The summed E-state index contributed by atoms with van der Waals surface area (Å²) in [5, 5.41) is 5.28. The zero-order chi connectivity index (χ0) is 14.5. The van der Waals surface area contributed by atoms with Gasteiger partial charge in [0.25, 0.3) is 5.56 Å². The molecular formula is C14H18N4O2.